The van der Waals surface area contributed by atoms with Crippen LogP contribution in [0.15, 0.2) is 191 Å². The summed E-state index contributed by atoms with van der Waals surface area (Å²) in [6.45, 7) is 4.60. The summed E-state index contributed by atoms with van der Waals surface area (Å²) in [6, 6.07) is 62.7. The highest BCUT2D eigenvalue weighted by atomic mass is 15.0. The van der Waals surface area contributed by atoms with Crippen LogP contribution in [0.4, 0.5) is 0 Å². The van der Waals surface area contributed by atoms with Crippen LogP contribution in [-0.4, -0.2) is 17.0 Å². The average Bonchev–Trinajstić information content (AvgIpc) is 3.73. The first-order valence-electron chi connectivity index (χ1n) is 17.4. The van der Waals surface area contributed by atoms with E-state index in [1.54, 1.807) is 0 Å². The minimum absolute atomic E-state index is 0.605. The third-order valence-electron chi connectivity index (χ3n) is 9.98. The van der Waals surface area contributed by atoms with E-state index in [4.69, 9.17) is 4.99 Å². The molecule has 7 aromatic carbocycles. The SMILES string of the molecule is C=N/C(=C1/Cc2cc(-c3cccc(-n4c5ccccc5c5cc(-c6ccccc6)ccc54)c3)ccc2C1=NCc1ccccc1)c1ccccc1. The minimum atomic E-state index is 0.605. The van der Waals surface area contributed by atoms with Crippen LogP contribution in [0.5, 0.6) is 0 Å². The van der Waals surface area contributed by atoms with Crippen LogP contribution in [0, 0.1) is 0 Å². The molecule has 0 N–H and O–H groups in total. The molecule has 0 atom stereocenters. The second-order valence-corrected chi connectivity index (χ2v) is 13.1. The molecular weight excluding hydrogens is 619 g/mol. The number of aromatic nitrogens is 1. The van der Waals surface area contributed by atoms with Gasteiger partial charge in [-0.15, -0.1) is 0 Å². The van der Waals surface area contributed by atoms with E-state index in [0.29, 0.717) is 6.54 Å². The standard InChI is InChI=1S/C48H35N3/c1-49-47(35-18-9-4-10-19-35)44-31-39-28-37(24-26-41(39)48(44)50-32-33-14-5-2-6-15-33)36-20-13-21-40(29-36)51-45-23-12-11-22-42(45)43-30-38(25-27-46(43)51)34-16-7-3-8-17-34/h2-30H,1,31-32H2/b47-44-,50-48?. The van der Waals surface area contributed by atoms with Crippen molar-refractivity contribution in [1.82, 2.24) is 4.57 Å². The summed E-state index contributed by atoms with van der Waals surface area (Å²) >= 11 is 0. The molecule has 1 heterocycles. The normalized spacial score (nSPS) is 14.2. The predicted octanol–water partition coefficient (Wildman–Crippen LogP) is 11.8. The number of benzene rings is 7. The Morgan fingerprint density at radius 2 is 1.20 bits per heavy atom. The fourth-order valence-corrected chi connectivity index (χ4v) is 7.56. The molecule has 0 amide bonds. The lowest BCUT2D eigenvalue weighted by Crippen LogP contribution is -2.03. The number of fused-ring (bicyclic) bond motifs is 4. The van der Waals surface area contributed by atoms with Crippen LogP contribution in [0.1, 0.15) is 22.3 Å². The predicted molar refractivity (Wildman–Crippen MR) is 215 cm³/mol. The highest BCUT2D eigenvalue weighted by Crippen LogP contribution is 2.38. The van der Waals surface area contributed by atoms with Gasteiger partial charge in [-0.25, -0.2) is 0 Å². The molecule has 8 aromatic rings. The molecule has 1 aliphatic rings. The van der Waals surface area contributed by atoms with Crippen molar-refractivity contribution in [3.05, 3.63) is 204 Å². The minimum Gasteiger partial charge on any atom is -0.309 e. The Bertz CT molecular complexity index is 2630. The highest BCUT2D eigenvalue weighted by molar-refractivity contribution is 6.20. The first kappa shape index (κ1) is 30.5. The molecule has 0 fully saturated rings. The third-order valence-corrected chi connectivity index (χ3v) is 9.98. The van der Waals surface area contributed by atoms with Gasteiger partial charge in [0, 0.05) is 39.6 Å². The zero-order chi connectivity index (χ0) is 34.1. The maximum Gasteiger partial charge on any atom is 0.0751 e. The fourth-order valence-electron chi connectivity index (χ4n) is 7.56. The van der Waals surface area contributed by atoms with Crippen molar-refractivity contribution in [2.24, 2.45) is 9.98 Å². The van der Waals surface area contributed by atoms with Crippen molar-refractivity contribution in [2.45, 2.75) is 13.0 Å². The van der Waals surface area contributed by atoms with Crippen molar-refractivity contribution >= 4 is 39.9 Å². The largest absolute Gasteiger partial charge is 0.309 e. The number of aliphatic imine (C=N–C) groups is 2. The van der Waals surface area contributed by atoms with Crippen molar-refractivity contribution in [3.63, 3.8) is 0 Å². The maximum atomic E-state index is 5.21. The fraction of sp³-hybridized carbons (Fsp3) is 0.0417. The van der Waals surface area contributed by atoms with Gasteiger partial charge in [0.2, 0.25) is 0 Å². The lowest BCUT2D eigenvalue weighted by molar-refractivity contribution is 1.07. The Labute approximate surface area is 298 Å². The highest BCUT2D eigenvalue weighted by Gasteiger charge is 2.27. The molecule has 0 bridgehead atoms. The molecule has 0 unspecified atom stereocenters. The second kappa shape index (κ2) is 13.0. The Hall–Kier alpha value is -6.58. The molecule has 9 rings (SSSR count). The maximum absolute atomic E-state index is 5.21. The summed E-state index contributed by atoms with van der Waals surface area (Å²) in [4.78, 5) is 9.78. The number of hydrogen-bond donors (Lipinski definition) is 0. The smallest absolute Gasteiger partial charge is 0.0751 e. The van der Waals surface area contributed by atoms with Gasteiger partial charge in [-0.3, -0.25) is 9.98 Å². The third kappa shape index (κ3) is 5.59. The van der Waals surface area contributed by atoms with Crippen LogP contribution >= 0.6 is 0 Å². The molecule has 0 radical (unpaired) electrons. The van der Waals surface area contributed by atoms with Crippen molar-refractivity contribution in [3.8, 4) is 27.9 Å². The van der Waals surface area contributed by atoms with Gasteiger partial charge in [-0.2, -0.15) is 0 Å². The molecule has 0 aliphatic heterocycles. The van der Waals surface area contributed by atoms with E-state index in [1.165, 1.54) is 55.2 Å². The zero-order valence-corrected chi connectivity index (χ0v) is 28.2. The number of nitrogens with zero attached hydrogens (tertiary/aromatic N) is 3. The summed E-state index contributed by atoms with van der Waals surface area (Å²) in [5.41, 5.74) is 16.0. The van der Waals surface area contributed by atoms with E-state index in [0.717, 1.165) is 40.2 Å². The molecule has 242 valence electrons. The van der Waals surface area contributed by atoms with Crippen LogP contribution in [-0.2, 0) is 13.0 Å². The number of rotatable bonds is 7. The molecule has 0 spiro atoms. The van der Waals surface area contributed by atoms with E-state index >= 15 is 0 Å². The molecular formula is C48H35N3. The van der Waals surface area contributed by atoms with Gasteiger partial charge in [-0.05, 0) is 70.4 Å². The number of hydrogen-bond acceptors (Lipinski definition) is 2. The Morgan fingerprint density at radius 3 is 2.00 bits per heavy atom. The van der Waals surface area contributed by atoms with Gasteiger partial charge in [0.05, 0.1) is 29.0 Å². The molecule has 0 saturated heterocycles. The first-order valence-corrected chi connectivity index (χ1v) is 17.4. The van der Waals surface area contributed by atoms with E-state index in [9.17, 15) is 0 Å². The average molecular weight is 654 g/mol. The summed E-state index contributed by atoms with van der Waals surface area (Å²) in [5.74, 6) is 0. The van der Waals surface area contributed by atoms with Crippen molar-refractivity contribution in [2.75, 3.05) is 0 Å². The van der Waals surface area contributed by atoms with E-state index in [2.05, 4.69) is 180 Å². The van der Waals surface area contributed by atoms with Crippen LogP contribution in [0.25, 0.3) is 55.4 Å². The van der Waals surface area contributed by atoms with Crippen molar-refractivity contribution in [1.29, 1.82) is 0 Å². The van der Waals surface area contributed by atoms with Crippen LogP contribution in [0.2, 0.25) is 0 Å². The van der Waals surface area contributed by atoms with Crippen LogP contribution in [0.3, 0.4) is 0 Å². The lowest BCUT2D eigenvalue weighted by atomic mass is 10.00. The Kier molecular flexibility index (Phi) is 7.79. The lowest BCUT2D eigenvalue weighted by Gasteiger charge is -2.11. The Balaban J connectivity index is 1.14. The van der Waals surface area contributed by atoms with E-state index in [-0.39, 0.29) is 0 Å². The van der Waals surface area contributed by atoms with Crippen LogP contribution < -0.4 is 0 Å². The quantitative estimate of drug-likeness (QED) is 0.153. The zero-order valence-electron chi connectivity index (χ0n) is 28.2. The molecule has 1 aliphatic carbocycles. The summed E-state index contributed by atoms with van der Waals surface area (Å²) < 4.78 is 2.40. The molecule has 3 nitrogen and oxygen atoms in total. The van der Waals surface area contributed by atoms with Crippen molar-refractivity contribution < 1.29 is 0 Å². The Morgan fingerprint density at radius 1 is 0.549 bits per heavy atom. The summed E-state index contributed by atoms with van der Waals surface area (Å²) in [6.07, 6.45) is 0.746. The van der Waals surface area contributed by atoms with E-state index in [1.807, 2.05) is 12.1 Å². The van der Waals surface area contributed by atoms with Gasteiger partial charge in [0.15, 0.2) is 0 Å². The van der Waals surface area contributed by atoms with Gasteiger partial charge in [0.25, 0.3) is 0 Å². The molecule has 0 saturated carbocycles. The molecule has 1 aromatic heterocycles. The van der Waals surface area contributed by atoms with Gasteiger partial charge >= 0.3 is 0 Å². The van der Waals surface area contributed by atoms with Gasteiger partial charge < -0.3 is 4.57 Å². The summed E-state index contributed by atoms with van der Waals surface area (Å²) in [7, 11) is 0. The topological polar surface area (TPSA) is 29.6 Å². The summed E-state index contributed by atoms with van der Waals surface area (Å²) in [5, 5.41) is 2.50. The number of allylic oxidation sites excluding steroid dienone is 1. The molecule has 51 heavy (non-hydrogen) atoms. The van der Waals surface area contributed by atoms with Gasteiger partial charge in [0.1, 0.15) is 0 Å². The van der Waals surface area contributed by atoms with Gasteiger partial charge in [-0.1, -0.05) is 146 Å². The monoisotopic (exact) mass is 653 g/mol. The molecule has 3 heteroatoms. The van der Waals surface area contributed by atoms with E-state index < -0.39 is 0 Å². The second-order valence-electron chi connectivity index (χ2n) is 13.1. The first-order chi connectivity index (χ1) is 25.2. The number of para-hydroxylation sites is 1.